The summed E-state index contributed by atoms with van der Waals surface area (Å²) in [5.41, 5.74) is 6.08. The average Bonchev–Trinajstić information content (AvgIpc) is 2.54. The minimum atomic E-state index is 0.0815. The Bertz CT molecular complexity index is 658. The van der Waals surface area contributed by atoms with Crippen LogP contribution in [-0.4, -0.2) is 5.91 Å². The molecular formula is C21H27NO. The molecule has 2 aromatic carbocycles. The van der Waals surface area contributed by atoms with Crippen molar-refractivity contribution in [2.45, 2.75) is 53.0 Å². The van der Waals surface area contributed by atoms with Crippen molar-refractivity contribution in [2.75, 3.05) is 0 Å². The fourth-order valence-corrected chi connectivity index (χ4v) is 2.94. The Balaban J connectivity index is 2.04. The van der Waals surface area contributed by atoms with Crippen LogP contribution in [0.15, 0.2) is 42.5 Å². The molecule has 23 heavy (non-hydrogen) atoms. The quantitative estimate of drug-likeness (QED) is 0.825. The summed E-state index contributed by atoms with van der Waals surface area (Å²) in [5.74, 6) is 0.0843. The maximum atomic E-state index is 12.4. The highest BCUT2D eigenvalue weighted by Crippen LogP contribution is 2.21. The maximum Gasteiger partial charge on any atom is 0.224 e. The molecule has 0 unspecified atom stereocenters. The summed E-state index contributed by atoms with van der Waals surface area (Å²) in [5, 5.41) is 3.18. The Kier molecular flexibility index (Phi) is 5.97. The molecule has 2 nitrogen and oxygen atoms in total. The molecule has 0 radical (unpaired) electrons. The van der Waals surface area contributed by atoms with Crippen molar-refractivity contribution in [3.8, 4) is 0 Å². The molecule has 0 heterocycles. The van der Waals surface area contributed by atoms with Gasteiger partial charge in [-0.2, -0.15) is 0 Å². The van der Waals surface area contributed by atoms with E-state index in [1.54, 1.807) is 0 Å². The highest BCUT2D eigenvalue weighted by Gasteiger charge is 2.15. The van der Waals surface area contributed by atoms with Gasteiger partial charge in [-0.3, -0.25) is 4.79 Å². The smallest absolute Gasteiger partial charge is 0.224 e. The molecular weight excluding hydrogens is 282 g/mol. The Hall–Kier alpha value is -2.09. The van der Waals surface area contributed by atoms with Gasteiger partial charge < -0.3 is 5.32 Å². The van der Waals surface area contributed by atoms with E-state index in [0.29, 0.717) is 6.42 Å². The van der Waals surface area contributed by atoms with Gasteiger partial charge in [0.05, 0.1) is 12.5 Å². The standard InChI is InChI=1S/C21H27NO/c1-5-17-8-10-18(11-9-17)14-21(23)22-20(6-2)19-12-7-15(3)13-16(19)4/h7-13,20H,5-6,14H2,1-4H3,(H,22,23)/t20-/m0/s1. The molecule has 0 aromatic heterocycles. The summed E-state index contributed by atoms with van der Waals surface area (Å²) in [6, 6.07) is 14.8. The van der Waals surface area contributed by atoms with Gasteiger partial charge in [0.1, 0.15) is 0 Å². The Labute approximate surface area is 139 Å². The number of hydrogen-bond acceptors (Lipinski definition) is 1. The summed E-state index contributed by atoms with van der Waals surface area (Å²) >= 11 is 0. The van der Waals surface area contributed by atoms with Crippen LogP contribution in [-0.2, 0) is 17.6 Å². The summed E-state index contributed by atoms with van der Waals surface area (Å²) < 4.78 is 0. The summed E-state index contributed by atoms with van der Waals surface area (Å²) in [7, 11) is 0. The molecule has 0 aliphatic carbocycles. The molecule has 1 amide bonds. The number of amides is 1. The predicted octanol–water partition coefficient (Wildman–Crippen LogP) is 4.68. The lowest BCUT2D eigenvalue weighted by Crippen LogP contribution is -2.30. The first-order chi connectivity index (χ1) is 11.0. The first kappa shape index (κ1) is 17.3. The second-order valence-corrected chi connectivity index (χ2v) is 6.24. The number of benzene rings is 2. The van der Waals surface area contributed by atoms with Crippen molar-refractivity contribution in [2.24, 2.45) is 0 Å². The lowest BCUT2D eigenvalue weighted by molar-refractivity contribution is -0.121. The van der Waals surface area contributed by atoms with E-state index in [1.165, 1.54) is 22.3 Å². The van der Waals surface area contributed by atoms with Gasteiger partial charge in [-0.25, -0.2) is 0 Å². The van der Waals surface area contributed by atoms with Crippen LogP contribution < -0.4 is 5.32 Å². The molecule has 0 spiro atoms. The van der Waals surface area contributed by atoms with Gasteiger partial charge in [0.25, 0.3) is 0 Å². The number of aryl methyl sites for hydroxylation is 3. The third kappa shape index (κ3) is 4.69. The number of carbonyl (C=O) groups is 1. The van der Waals surface area contributed by atoms with Gasteiger partial charge >= 0.3 is 0 Å². The van der Waals surface area contributed by atoms with Gasteiger partial charge in [-0.05, 0) is 48.9 Å². The number of rotatable bonds is 6. The zero-order valence-electron chi connectivity index (χ0n) is 14.6. The number of carbonyl (C=O) groups excluding carboxylic acids is 1. The van der Waals surface area contributed by atoms with E-state index < -0.39 is 0 Å². The highest BCUT2D eigenvalue weighted by atomic mass is 16.1. The van der Waals surface area contributed by atoms with Crippen LogP contribution in [0.25, 0.3) is 0 Å². The molecule has 122 valence electrons. The number of hydrogen-bond donors (Lipinski definition) is 1. The van der Waals surface area contributed by atoms with Crippen LogP contribution in [0.5, 0.6) is 0 Å². The Morgan fingerprint density at radius 3 is 2.22 bits per heavy atom. The van der Waals surface area contributed by atoms with Crippen molar-refractivity contribution in [1.82, 2.24) is 5.32 Å². The van der Waals surface area contributed by atoms with Gasteiger partial charge in [-0.1, -0.05) is 61.9 Å². The minimum absolute atomic E-state index is 0.0815. The van der Waals surface area contributed by atoms with E-state index in [0.717, 1.165) is 18.4 Å². The van der Waals surface area contributed by atoms with Crippen LogP contribution in [0.4, 0.5) is 0 Å². The lowest BCUT2D eigenvalue weighted by Gasteiger charge is -2.20. The first-order valence-corrected chi connectivity index (χ1v) is 8.47. The van der Waals surface area contributed by atoms with E-state index in [2.05, 4.69) is 75.5 Å². The van der Waals surface area contributed by atoms with Crippen molar-refractivity contribution >= 4 is 5.91 Å². The van der Waals surface area contributed by atoms with E-state index in [4.69, 9.17) is 0 Å². The lowest BCUT2D eigenvalue weighted by atomic mass is 9.97. The molecule has 0 bridgehead atoms. The first-order valence-electron chi connectivity index (χ1n) is 8.47. The molecule has 0 saturated carbocycles. The Morgan fingerprint density at radius 2 is 1.65 bits per heavy atom. The fraction of sp³-hybridized carbons (Fsp3) is 0.381. The van der Waals surface area contributed by atoms with Crippen molar-refractivity contribution < 1.29 is 4.79 Å². The highest BCUT2D eigenvalue weighted by molar-refractivity contribution is 5.79. The fourth-order valence-electron chi connectivity index (χ4n) is 2.94. The molecule has 0 fully saturated rings. The van der Waals surface area contributed by atoms with E-state index in [1.807, 2.05) is 0 Å². The second-order valence-electron chi connectivity index (χ2n) is 6.24. The number of nitrogens with one attached hydrogen (secondary N) is 1. The third-order valence-electron chi connectivity index (χ3n) is 4.34. The summed E-state index contributed by atoms with van der Waals surface area (Å²) in [4.78, 5) is 12.4. The van der Waals surface area contributed by atoms with Gasteiger partial charge in [-0.15, -0.1) is 0 Å². The SMILES string of the molecule is CCc1ccc(CC(=O)N[C@@H](CC)c2ccc(C)cc2C)cc1. The van der Waals surface area contributed by atoms with Crippen molar-refractivity contribution in [1.29, 1.82) is 0 Å². The molecule has 0 aliphatic heterocycles. The van der Waals surface area contributed by atoms with Crippen LogP contribution in [0, 0.1) is 13.8 Å². The van der Waals surface area contributed by atoms with Crippen molar-refractivity contribution in [3.63, 3.8) is 0 Å². The molecule has 1 N–H and O–H groups in total. The third-order valence-corrected chi connectivity index (χ3v) is 4.34. The zero-order chi connectivity index (χ0) is 16.8. The monoisotopic (exact) mass is 309 g/mol. The molecule has 2 rings (SSSR count). The molecule has 1 atom stereocenters. The van der Waals surface area contributed by atoms with E-state index in [-0.39, 0.29) is 11.9 Å². The topological polar surface area (TPSA) is 29.1 Å². The van der Waals surface area contributed by atoms with E-state index in [9.17, 15) is 4.79 Å². The second kappa shape index (κ2) is 7.96. The van der Waals surface area contributed by atoms with Crippen LogP contribution in [0.3, 0.4) is 0 Å². The van der Waals surface area contributed by atoms with Gasteiger partial charge in [0.2, 0.25) is 5.91 Å². The predicted molar refractivity (Wildman–Crippen MR) is 96.6 cm³/mol. The maximum absolute atomic E-state index is 12.4. The van der Waals surface area contributed by atoms with Gasteiger partial charge in [0.15, 0.2) is 0 Å². The van der Waals surface area contributed by atoms with Crippen LogP contribution in [0.2, 0.25) is 0 Å². The molecule has 0 aliphatic rings. The molecule has 2 aromatic rings. The summed E-state index contributed by atoms with van der Waals surface area (Å²) in [6.07, 6.45) is 2.35. The zero-order valence-corrected chi connectivity index (χ0v) is 14.6. The average molecular weight is 309 g/mol. The normalized spacial score (nSPS) is 12.0. The Morgan fingerprint density at radius 1 is 1.00 bits per heavy atom. The van der Waals surface area contributed by atoms with Crippen molar-refractivity contribution in [3.05, 3.63) is 70.3 Å². The van der Waals surface area contributed by atoms with Gasteiger partial charge in [0, 0.05) is 0 Å². The molecule has 2 heteroatoms. The largest absolute Gasteiger partial charge is 0.349 e. The van der Waals surface area contributed by atoms with E-state index >= 15 is 0 Å². The van der Waals surface area contributed by atoms with Crippen LogP contribution in [0.1, 0.15) is 54.1 Å². The van der Waals surface area contributed by atoms with Crippen LogP contribution >= 0.6 is 0 Å². The summed E-state index contributed by atoms with van der Waals surface area (Å²) in [6.45, 7) is 8.45. The molecule has 0 saturated heterocycles. The minimum Gasteiger partial charge on any atom is -0.349 e.